The first kappa shape index (κ1) is 14.5. The lowest BCUT2D eigenvalue weighted by Gasteiger charge is -2.13. The largest absolute Gasteiger partial charge is 0.483 e. The highest BCUT2D eigenvalue weighted by Crippen LogP contribution is 2.24. The fraction of sp³-hybridized carbons (Fsp3) is 0.500. The van der Waals surface area contributed by atoms with E-state index in [4.69, 9.17) is 10.5 Å². The molecule has 1 amide bonds. The first-order valence-electron chi connectivity index (χ1n) is 6.28. The number of amides is 1. The van der Waals surface area contributed by atoms with Crippen molar-refractivity contribution in [3.05, 3.63) is 28.8 Å². The highest BCUT2D eigenvalue weighted by Gasteiger charge is 2.08. The molecule has 0 atom stereocenters. The maximum Gasteiger partial charge on any atom is 0.257 e. The summed E-state index contributed by atoms with van der Waals surface area (Å²) >= 11 is 0. The molecule has 0 bridgehead atoms. The van der Waals surface area contributed by atoms with Crippen molar-refractivity contribution in [2.24, 2.45) is 5.73 Å². The molecule has 0 saturated heterocycles. The Bertz CT molecular complexity index is 393. The standard InChI is InChI=1S/C14H22N2O2/c1-4-5-16-13(17)9-18-14-10(2)6-12(8-15)7-11(14)3/h6-7H,4-5,8-9,15H2,1-3H3,(H,16,17). The zero-order chi connectivity index (χ0) is 13.5. The number of carbonyl (C=O) groups excluding carboxylic acids is 1. The van der Waals surface area contributed by atoms with Gasteiger partial charge in [0.15, 0.2) is 6.61 Å². The third kappa shape index (κ3) is 4.04. The van der Waals surface area contributed by atoms with Crippen LogP contribution in [-0.2, 0) is 11.3 Å². The fourth-order valence-corrected chi connectivity index (χ4v) is 1.84. The summed E-state index contributed by atoms with van der Waals surface area (Å²) in [7, 11) is 0. The Hall–Kier alpha value is -1.55. The third-order valence-corrected chi connectivity index (χ3v) is 2.68. The van der Waals surface area contributed by atoms with Gasteiger partial charge in [0.05, 0.1) is 0 Å². The molecule has 0 aliphatic heterocycles. The molecule has 3 N–H and O–H groups in total. The van der Waals surface area contributed by atoms with Crippen LogP contribution in [0.3, 0.4) is 0 Å². The molecular formula is C14H22N2O2. The third-order valence-electron chi connectivity index (χ3n) is 2.68. The molecule has 0 aromatic heterocycles. The van der Waals surface area contributed by atoms with E-state index in [1.165, 1.54) is 0 Å². The molecule has 1 aromatic carbocycles. The topological polar surface area (TPSA) is 64.3 Å². The van der Waals surface area contributed by atoms with Gasteiger partial charge in [0.1, 0.15) is 5.75 Å². The summed E-state index contributed by atoms with van der Waals surface area (Å²) in [6.45, 7) is 7.20. The van der Waals surface area contributed by atoms with Crippen LogP contribution in [0.2, 0.25) is 0 Å². The second kappa shape index (κ2) is 7.01. The maximum atomic E-state index is 11.5. The van der Waals surface area contributed by atoms with Gasteiger partial charge in [0, 0.05) is 13.1 Å². The van der Waals surface area contributed by atoms with Crippen LogP contribution in [0.25, 0.3) is 0 Å². The van der Waals surface area contributed by atoms with E-state index in [1.54, 1.807) is 0 Å². The van der Waals surface area contributed by atoms with Gasteiger partial charge in [-0.2, -0.15) is 0 Å². The number of rotatable bonds is 6. The van der Waals surface area contributed by atoms with E-state index in [1.807, 2.05) is 32.9 Å². The molecule has 0 aliphatic rings. The van der Waals surface area contributed by atoms with E-state index < -0.39 is 0 Å². The van der Waals surface area contributed by atoms with E-state index in [9.17, 15) is 4.79 Å². The molecular weight excluding hydrogens is 228 g/mol. The van der Waals surface area contributed by atoms with Crippen LogP contribution >= 0.6 is 0 Å². The smallest absolute Gasteiger partial charge is 0.257 e. The Labute approximate surface area is 109 Å². The summed E-state index contributed by atoms with van der Waals surface area (Å²) in [6, 6.07) is 3.98. The summed E-state index contributed by atoms with van der Waals surface area (Å²) in [5.74, 6) is 0.692. The van der Waals surface area contributed by atoms with Crippen LogP contribution in [-0.4, -0.2) is 19.1 Å². The van der Waals surface area contributed by atoms with Gasteiger partial charge in [-0.05, 0) is 37.0 Å². The van der Waals surface area contributed by atoms with Gasteiger partial charge in [-0.1, -0.05) is 19.1 Å². The fourth-order valence-electron chi connectivity index (χ4n) is 1.84. The van der Waals surface area contributed by atoms with Gasteiger partial charge in [0.2, 0.25) is 0 Å². The number of hydrogen-bond donors (Lipinski definition) is 2. The summed E-state index contributed by atoms with van der Waals surface area (Å²) in [5, 5.41) is 2.78. The average Bonchev–Trinajstić information content (AvgIpc) is 2.34. The number of carbonyl (C=O) groups is 1. The first-order valence-corrected chi connectivity index (χ1v) is 6.28. The molecule has 0 fully saturated rings. The van der Waals surface area contributed by atoms with E-state index in [0.717, 1.165) is 28.9 Å². The lowest BCUT2D eigenvalue weighted by Crippen LogP contribution is -2.29. The molecule has 0 aliphatic carbocycles. The van der Waals surface area contributed by atoms with Crippen LogP contribution in [0, 0.1) is 13.8 Å². The molecule has 1 aromatic rings. The van der Waals surface area contributed by atoms with Gasteiger partial charge in [-0.15, -0.1) is 0 Å². The predicted octanol–water partition coefficient (Wildman–Crippen LogP) is 1.67. The molecule has 0 unspecified atom stereocenters. The summed E-state index contributed by atoms with van der Waals surface area (Å²) in [6.07, 6.45) is 0.926. The van der Waals surface area contributed by atoms with E-state index >= 15 is 0 Å². The zero-order valence-electron chi connectivity index (χ0n) is 11.4. The second-order valence-corrected chi connectivity index (χ2v) is 4.40. The van der Waals surface area contributed by atoms with Crippen molar-refractivity contribution < 1.29 is 9.53 Å². The van der Waals surface area contributed by atoms with E-state index in [0.29, 0.717) is 13.1 Å². The molecule has 18 heavy (non-hydrogen) atoms. The summed E-state index contributed by atoms with van der Waals surface area (Å²) in [4.78, 5) is 11.5. The minimum atomic E-state index is -0.0847. The molecule has 0 radical (unpaired) electrons. The monoisotopic (exact) mass is 250 g/mol. The molecule has 100 valence electrons. The van der Waals surface area contributed by atoms with Gasteiger partial charge in [-0.25, -0.2) is 0 Å². The van der Waals surface area contributed by atoms with Crippen molar-refractivity contribution in [1.82, 2.24) is 5.32 Å². The number of nitrogens with one attached hydrogen (secondary N) is 1. The quantitative estimate of drug-likeness (QED) is 0.807. The van der Waals surface area contributed by atoms with Crippen molar-refractivity contribution in [3.63, 3.8) is 0 Å². The second-order valence-electron chi connectivity index (χ2n) is 4.40. The van der Waals surface area contributed by atoms with Crippen molar-refractivity contribution in [2.75, 3.05) is 13.2 Å². The van der Waals surface area contributed by atoms with Crippen LogP contribution in [0.5, 0.6) is 5.75 Å². The van der Waals surface area contributed by atoms with Crippen molar-refractivity contribution in [2.45, 2.75) is 33.7 Å². The lowest BCUT2D eigenvalue weighted by atomic mass is 10.1. The zero-order valence-corrected chi connectivity index (χ0v) is 11.4. The normalized spacial score (nSPS) is 10.2. The Morgan fingerprint density at radius 3 is 2.44 bits per heavy atom. The van der Waals surface area contributed by atoms with Crippen LogP contribution in [0.4, 0.5) is 0 Å². The van der Waals surface area contributed by atoms with Gasteiger partial charge < -0.3 is 15.8 Å². The molecule has 0 heterocycles. The Kier molecular flexibility index (Phi) is 5.65. The Balaban J connectivity index is 2.65. The van der Waals surface area contributed by atoms with Gasteiger partial charge >= 0.3 is 0 Å². The van der Waals surface area contributed by atoms with Gasteiger partial charge in [-0.3, -0.25) is 4.79 Å². The molecule has 0 saturated carbocycles. The van der Waals surface area contributed by atoms with Crippen molar-refractivity contribution in [3.8, 4) is 5.75 Å². The minimum absolute atomic E-state index is 0.0592. The summed E-state index contributed by atoms with van der Waals surface area (Å²) < 4.78 is 5.57. The number of aryl methyl sites for hydroxylation is 2. The molecule has 0 spiro atoms. The van der Waals surface area contributed by atoms with Gasteiger partial charge in [0.25, 0.3) is 5.91 Å². The van der Waals surface area contributed by atoms with E-state index in [2.05, 4.69) is 5.32 Å². The number of ether oxygens (including phenoxy) is 1. The average molecular weight is 250 g/mol. The number of hydrogen-bond acceptors (Lipinski definition) is 3. The van der Waals surface area contributed by atoms with Crippen LogP contribution in [0.1, 0.15) is 30.0 Å². The highest BCUT2D eigenvalue weighted by molar-refractivity contribution is 5.77. The summed E-state index contributed by atoms with van der Waals surface area (Å²) in [5.41, 5.74) is 8.71. The Morgan fingerprint density at radius 2 is 1.94 bits per heavy atom. The number of nitrogens with two attached hydrogens (primary N) is 1. The van der Waals surface area contributed by atoms with Crippen LogP contribution in [0.15, 0.2) is 12.1 Å². The maximum absolute atomic E-state index is 11.5. The molecule has 1 rings (SSSR count). The predicted molar refractivity (Wildman–Crippen MR) is 72.6 cm³/mol. The van der Waals surface area contributed by atoms with E-state index in [-0.39, 0.29) is 12.5 Å². The number of benzene rings is 1. The first-order chi connectivity index (χ1) is 8.58. The van der Waals surface area contributed by atoms with Crippen LogP contribution < -0.4 is 15.8 Å². The molecule has 4 nitrogen and oxygen atoms in total. The molecule has 4 heteroatoms. The lowest BCUT2D eigenvalue weighted by molar-refractivity contribution is -0.123. The van der Waals surface area contributed by atoms with Crippen molar-refractivity contribution in [1.29, 1.82) is 0 Å². The minimum Gasteiger partial charge on any atom is -0.483 e. The Morgan fingerprint density at radius 1 is 1.33 bits per heavy atom. The highest BCUT2D eigenvalue weighted by atomic mass is 16.5. The SMILES string of the molecule is CCCNC(=O)COc1c(C)cc(CN)cc1C. The van der Waals surface area contributed by atoms with Crippen molar-refractivity contribution >= 4 is 5.91 Å².